The maximum Gasteiger partial charge on any atom is 0.433 e. The zero-order chi connectivity index (χ0) is 15.5. The third-order valence-corrected chi connectivity index (χ3v) is 3.36. The highest BCUT2D eigenvalue weighted by atomic mass is 19.4. The van der Waals surface area contributed by atoms with Gasteiger partial charge in [-0.25, -0.2) is 4.98 Å². The van der Waals surface area contributed by atoms with Gasteiger partial charge >= 0.3 is 6.18 Å². The van der Waals surface area contributed by atoms with Gasteiger partial charge in [0.15, 0.2) is 0 Å². The number of piperidine rings is 1. The summed E-state index contributed by atoms with van der Waals surface area (Å²) in [6.07, 6.45) is -2.99. The number of aromatic nitrogens is 1. The normalized spacial score (nSPS) is 17.7. The number of rotatable bonds is 4. The van der Waals surface area contributed by atoms with Gasteiger partial charge in [0.2, 0.25) is 5.91 Å². The lowest BCUT2D eigenvalue weighted by Crippen LogP contribution is -2.43. The number of anilines is 1. The highest BCUT2D eigenvalue weighted by Crippen LogP contribution is 2.28. The van der Waals surface area contributed by atoms with Crippen molar-refractivity contribution in [3.05, 3.63) is 23.9 Å². The minimum absolute atomic E-state index is 0.0464. The zero-order valence-electron chi connectivity index (χ0n) is 11.4. The molecule has 0 saturated carbocycles. The number of nitrogens with zero attached hydrogens (tertiary/aromatic N) is 2. The van der Waals surface area contributed by atoms with E-state index in [0.29, 0.717) is 13.1 Å². The first-order chi connectivity index (χ1) is 9.84. The van der Waals surface area contributed by atoms with Crippen LogP contribution < -0.4 is 11.1 Å². The summed E-state index contributed by atoms with van der Waals surface area (Å²) < 4.78 is 37.7. The summed E-state index contributed by atoms with van der Waals surface area (Å²) in [5.41, 5.74) is 4.22. The van der Waals surface area contributed by atoms with Crippen molar-refractivity contribution in [2.75, 3.05) is 25.0 Å². The number of carbonyl (C=O) groups is 1. The van der Waals surface area contributed by atoms with E-state index < -0.39 is 11.9 Å². The first-order valence-electron chi connectivity index (χ1n) is 6.66. The molecule has 116 valence electrons. The largest absolute Gasteiger partial charge is 0.433 e. The topological polar surface area (TPSA) is 71.2 Å². The number of pyridine rings is 1. The monoisotopic (exact) mass is 302 g/mol. The van der Waals surface area contributed by atoms with Gasteiger partial charge in [-0.3, -0.25) is 9.69 Å². The number of hydrogen-bond acceptors (Lipinski definition) is 4. The molecule has 2 rings (SSSR count). The van der Waals surface area contributed by atoms with Gasteiger partial charge in [-0.15, -0.1) is 0 Å². The summed E-state index contributed by atoms with van der Waals surface area (Å²) >= 11 is 0. The van der Waals surface area contributed by atoms with E-state index in [1.165, 1.54) is 12.1 Å². The third kappa shape index (κ3) is 4.59. The van der Waals surface area contributed by atoms with Crippen LogP contribution in [0.2, 0.25) is 0 Å². The lowest BCUT2D eigenvalue weighted by atomic mass is 10.1. The van der Waals surface area contributed by atoms with E-state index in [-0.39, 0.29) is 24.3 Å². The molecular formula is C13H17F3N4O. The second-order valence-electron chi connectivity index (χ2n) is 5.07. The number of hydrogen-bond donors (Lipinski definition) is 2. The van der Waals surface area contributed by atoms with Crippen molar-refractivity contribution >= 4 is 11.7 Å². The van der Waals surface area contributed by atoms with E-state index in [9.17, 15) is 18.0 Å². The Kier molecular flexibility index (Phi) is 4.66. The van der Waals surface area contributed by atoms with E-state index in [1.54, 1.807) is 0 Å². The Bertz CT molecular complexity index is 498. The van der Waals surface area contributed by atoms with E-state index in [2.05, 4.69) is 10.3 Å². The number of carbonyl (C=O) groups excluding carboxylic acids is 1. The Hall–Kier alpha value is -1.83. The fraction of sp³-hybridized carbons (Fsp3) is 0.538. The van der Waals surface area contributed by atoms with Crippen molar-refractivity contribution in [1.82, 2.24) is 9.88 Å². The van der Waals surface area contributed by atoms with E-state index in [1.807, 2.05) is 4.90 Å². The molecule has 1 aliphatic rings. The van der Waals surface area contributed by atoms with Crippen LogP contribution >= 0.6 is 0 Å². The van der Waals surface area contributed by atoms with Crippen LogP contribution in [-0.2, 0) is 11.0 Å². The average Bonchev–Trinajstić information content (AvgIpc) is 2.40. The first kappa shape index (κ1) is 15.6. The first-order valence-corrected chi connectivity index (χ1v) is 6.66. The number of primary amides is 1. The Morgan fingerprint density at radius 1 is 1.38 bits per heavy atom. The fourth-order valence-electron chi connectivity index (χ4n) is 2.34. The SMILES string of the molecule is NC(=O)CN1CCC(Nc2cccc(C(F)(F)F)n2)CC1. The molecule has 0 bridgehead atoms. The molecule has 0 atom stereocenters. The van der Waals surface area contributed by atoms with Crippen molar-refractivity contribution in [2.24, 2.45) is 5.73 Å². The number of nitrogens with two attached hydrogens (primary N) is 1. The van der Waals surface area contributed by atoms with Gasteiger partial charge < -0.3 is 11.1 Å². The van der Waals surface area contributed by atoms with Crippen LogP contribution in [0, 0.1) is 0 Å². The van der Waals surface area contributed by atoms with Gasteiger partial charge in [0.1, 0.15) is 11.5 Å². The number of halogens is 3. The van der Waals surface area contributed by atoms with E-state index >= 15 is 0 Å². The second-order valence-corrected chi connectivity index (χ2v) is 5.07. The lowest BCUT2D eigenvalue weighted by Gasteiger charge is -2.31. The maximum atomic E-state index is 12.6. The molecule has 1 saturated heterocycles. The van der Waals surface area contributed by atoms with E-state index in [4.69, 9.17) is 5.73 Å². The van der Waals surface area contributed by atoms with Crippen molar-refractivity contribution in [3.63, 3.8) is 0 Å². The predicted octanol–water partition coefficient (Wildman–Crippen LogP) is 1.46. The summed E-state index contributed by atoms with van der Waals surface area (Å²) in [5.74, 6) is -0.154. The fourth-order valence-corrected chi connectivity index (χ4v) is 2.34. The van der Waals surface area contributed by atoms with Crippen LogP contribution in [0.15, 0.2) is 18.2 Å². The summed E-state index contributed by atoms with van der Waals surface area (Å²) in [7, 11) is 0. The van der Waals surface area contributed by atoms with Gasteiger partial charge in [0, 0.05) is 19.1 Å². The summed E-state index contributed by atoms with van der Waals surface area (Å²) in [6.45, 7) is 1.58. The van der Waals surface area contributed by atoms with Crippen LogP contribution in [0.4, 0.5) is 19.0 Å². The van der Waals surface area contributed by atoms with E-state index in [0.717, 1.165) is 18.9 Å². The highest BCUT2D eigenvalue weighted by molar-refractivity contribution is 5.75. The molecule has 2 heterocycles. The van der Waals surface area contributed by atoms with Crippen LogP contribution in [0.25, 0.3) is 0 Å². The Labute approximate surface area is 120 Å². The average molecular weight is 302 g/mol. The molecule has 1 aromatic heterocycles. The molecule has 1 amide bonds. The molecule has 0 radical (unpaired) electrons. The maximum absolute atomic E-state index is 12.6. The molecule has 1 aliphatic heterocycles. The van der Waals surface area contributed by atoms with Crippen molar-refractivity contribution in [3.8, 4) is 0 Å². The third-order valence-electron chi connectivity index (χ3n) is 3.36. The molecule has 0 unspecified atom stereocenters. The number of amides is 1. The highest BCUT2D eigenvalue weighted by Gasteiger charge is 2.32. The molecule has 21 heavy (non-hydrogen) atoms. The second kappa shape index (κ2) is 6.30. The van der Waals surface area contributed by atoms with Crippen LogP contribution in [0.5, 0.6) is 0 Å². The Morgan fingerprint density at radius 3 is 2.62 bits per heavy atom. The quantitative estimate of drug-likeness (QED) is 0.883. The molecule has 5 nitrogen and oxygen atoms in total. The number of alkyl halides is 3. The van der Waals surface area contributed by atoms with Crippen LogP contribution in [0.1, 0.15) is 18.5 Å². The van der Waals surface area contributed by atoms with Crippen molar-refractivity contribution in [1.29, 1.82) is 0 Å². The van der Waals surface area contributed by atoms with Crippen LogP contribution in [-0.4, -0.2) is 41.5 Å². The molecular weight excluding hydrogens is 285 g/mol. The standard InChI is InChI=1S/C13H17F3N4O/c14-13(15,16)10-2-1-3-12(19-10)18-9-4-6-20(7-5-9)8-11(17)21/h1-3,9H,4-8H2,(H2,17,21)(H,18,19). The summed E-state index contributed by atoms with van der Waals surface area (Å²) in [5, 5.41) is 3.01. The van der Waals surface area contributed by atoms with Gasteiger partial charge in [-0.1, -0.05) is 6.07 Å². The molecule has 8 heteroatoms. The molecule has 0 spiro atoms. The van der Waals surface area contributed by atoms with Gasteiger partial charge in [0.25, 0.3) is 0 Å². The van der Waals surface area contributed by atoms with Crippen molar-refractivity contribution < 1.29 is 18.0 Å². The summed E-state index contributed by atoms with van der Waals surface area (Å²) in [4.78, 5) is 16.3. The smallest absolute Gasteiger partial charge is 0.369 e. The predicted molar refractivity (Wildman–Crippen MR) is 71.5 cm³/mol. The minimum Gasteiger partial charge on any atom is -0.369 e. The minimum atomic E-state index is -4.44. The van der Waals surface area contributed by atoms with Gasteiger partial charge in [0.05, 0.1) is 6.54 Å². The van der Waals surface area contributed by atoms with Gasteiger partial charge in [-0.05, 0) is 25.0 Å². The lowest BCUT2D eigenvalue weighted by molar-refractivity contribution is -0.141. The van der Waals surface area contributed by atoms with Crippen molar-refractivity contribution in [2.45, 2.75) is 25.1 Å². The molecule has 0 aliphatic carbocycles. The van der Waals surface area contributed by atoms with Gasteiger partial charge in [-0.2, -0.15) is 13.2 Å². The zero-order valence-corrected chi connectivity index (χ0v) is 11.4. The molecule has 0 aromatic carbocycles. The molecule has 1 aromatic rings. The number of nitrogens with one attached hydrogen (secondary N) is 1. The summed E-state index contributed by atoms with van der Waals surface area (Å²) in [6, 6.07) is 3.84. The molecule has 1 fully saturated rings. The molecule has 3 N–H and O–H groups in total. The Balaban J connectivity index is 1.90. The van der Waals surface area contributed by atoms with Crippen LogP contribution in [0.3, 0.4) is 0 Å². The number of likely N-dealkylation sites (tertiary alicyclic amines) is 1. The Morgan fingerprint density at radius 2 is 2.05 bits per heavy atom.